The molecule has 7 heteroatoms. The summed E-state index contributed by atoms with van der Waals surface area (Å²) in [7, 11) is 0. The third-order valence-corrected chi connectivity index (χ3v) is 5.28. The molecule has 2 atom stereocenters. The van der Waals surface area contributed by atoms with E-state index >= 15 is 0 Å². The van der Waals surface area contributed by atoms with Crippen LogP contribution < -0.4 is 16.0 Å². The predicted octanol–water partition coefficient (Wildman–Crippen LogP) is 4.04. The fourth-order valence-electron chi connectivity index (χ4n) is 3.79. The van der Waals surface area contributed by atoms with Gasteiger partial charge >= 0.3 is 6.03 Å². The Morgan fingerprint density at radius 1 is 1.13 bits per heavy atom. The van der Waals surface area contributed by atoms with Crippen molar-refractivity contribution in [1.82, 2.24) is 10.3 Å². The van der Waals surface area contributed by atoms with Gasteiger partial charge in [0, 0.05) is 17.3 Å². The van der Waals surface area contributed by atoms with E-state index in [1.54, 1.807) is 19.9 Å². The van der Waals surface area contributed by atoms with E-state index in [0.29, 0.717) is 6.29 Å². The van der Waals surface area contributed by atoms with Gasteiger partial charge in [-0.1, -0.05) is 60.7 Å². The molecular weight excluding hydrogens is 392 g/mol. The lowest BCUT2D eigenvalue weighted by Crippen LogP contribution is -2.44. The average molecular weight is 416 g/mol. The highest BCUT2D eigenvalue weighted by Crippen LogP contribution is 2.42. The Bertz CT molecular complexity index is 1100. The van der Waals surface area contributed by atoms with Crippen LogP contribution in [-0.2, 0) is 0 Å². The zero-order chi connectivity index (χ0) is 22.0. The van der Waals surface area contributed by atoms with Crippen molar-refractivity contribution in [2.24, 2.45) is 0 Å². The fourth-order valence-corrected chi connectivity index (χ4v) is 3.79. The van der Waals surface area contributed by atoms with Crippen molar-refractivity contribution in [3.63, 3.8) is 0 Å². The van der Waals surface area contributed by atoms with Gasteiger partial charge in [-0.3, -0.25) is 10.1 Å². The van der Waals surface area contributed by atoms with Crippen LogP contribution in [0.3, 0.4) is 0 Å². The van der Waals surface area contributed by atoms with E-state index in [1.807, 2.05) is 60.7 Å². The van der Waals surface area contributed by atoms with Crippen LogP contribution in [0.15, 0.2) is 66.7 Å². The topological polar surface area (TPSA) is 103 Å². The van der Waals surface area contributed by atoms with Gasteiger partial charge in [0.2, 0.25) is 0 Å². The summed E-state index contributed by atoms with van der Waals surface area (Å²) in [5.41, 5.74) is 2.47. The van der Waals surface area contributed by atoms with Crippen LogP contribution in [0.25, 0.3) is 0 Å². The number of hydrogen-bond donors (Lipinski definition) is 4. The van der Waals surface area contributed by atoms with Gasteiger partial charge in [0.1, 0.15) is 11.5 Å². The molecule has 3 aromatic rings. The molecule has 4 N–H and O–H groups in total. The first-order chi connectivity index (χ1) is 14.9. The Morgan fingerprint density at radius 3 is 2.39 bits per heavy atom. The van der Waals surface area contributed by atoms with Gasteiger partial charge in [0.05, 0.1) is 17.7 Å². The Balaban J connectivity index is 1.53. The third kappa shape index (κ3) is 4.27. The molecule has 2 amide bonds. The summed E-state index contributed by atoms with van der Waals surface area (Å²) in [5.74, 6) is 0.250. The molecule has 31 heavy (non-hydrogen) atoms. The maximum Gasteiger partial charge on any atom is 0.320 e. The number of nitrogens with one attached hydrogen (secondary N) is 3. The van der Waals surface area contributed by atoms with Gasteiger partial charge in [-0.2, -0.15) is 0 Å². The van der Waals surface area contributed by atoms with Crippen LogP contribution in [0.1, 0.15) is 53.1 Å². The Hall–Kier alpha value is -3.71. The number of benzene rings is 2. The maximum atomic E-state index is 12.7. The van der Waals surface area contributed by atoms with Crippen LogP contribution in [0.2, 0.25) is 0 Å². The second-order valence-electron chi connectivity index (χ2n) is 8.06. The summed E-state index contributed by atoms with van der Waals surface area (Å²) in [4.78, 5) is 28.6. The highest BCUT2D eigenvalue weighted by molar-refractivity contribution is 5.92. The quantitative estimate of drug-likeness (QED) is 0.454. The summed E-state index contributed by atoms with van der Waals surface area (Å²) in [6.45, 7) is 3.26. The van der Waals surface area contributed by atoms with Gasteiger partial charge < -0.3 is 15.7 Å². The van der Waals surface area contributed by atoms with Crippen molar-refractivity contribution < 1.29 is 14.7 Å². The number of carbonyl (C=O) groups is 2. The third-order valence-electron chi connectivity index (χ3n) is 5.28. The van der Waals surface area contributed by atoms with Crippen LogP contribution in [0, 0.1) is 0 Å². The minimum Gasteiger partial charge on any atom is -0.388 e. The number of anilines is 2. The zero-order valence-electron chi connectivity index (χ0n) is 17.3. The van der Waals surface area contributed by atoms with E-state index in [0.717, 1.165) is 22.4 Å². The monoisotopic (exact) mass is 416 g/mol. The number of hydrogen-bond acceptors (Lipinski definition) is 5. The number of fused-ring (bicyclic) bond motifs is 1. The van der Waals surface area contributed by atoms with E-state index < -0.39 is 17.7 Å². The molecule has 0 aliphatic carbocycles. The van der Waals surface area contributed by atoms with Crippen molar-refractivity contribution in [1.29, 1.82) is 0 Å². The van der Waals surface area contributed by atoms with Gasteiger partial charge in [-0.15, -0.1) is 0 Å². The molecule has 2 heterocycles. The largest absolute Gasteiger partial charge is 0.388 e. The fraction of sp³-hybridized carbons (Fsp3) is 0.208. The SMILES string of the molecule is CC(C)(O)C(NC(=O)Nc1cc2c(c(C=O)n1)C(c1ccccc1)N2)c1ccccc1. The number of aliphatic hydroxyl groups is 1. The average Bonchev–Trinajstić information content (AvgIpc) is 2.74. The van der Waals surface area contributed by atoms with Crippen LogP contribution in [0.5, 0.6) is 0 Å². The molecule has 4 rings (SSSR count). The van der Waals surface area contributed by atoms with Crippen molar-refractivity contribution in [3.05, 3.63) is 89.1 Å². The lowest BCUT2D eigenvalue weighted by atomic mass is 9.89. The molecule has 2 unspecified atom stereocenters. The molecule has 1 aliphatic heterocycles. The lowest BCUT2D eigenvalue weighted by molar-refractivity contribution is 0.0415. The Labute approximate surface area is 180 Å². The van der Waals surface area contributed by atoms with E-state index in [2.05, 4.69) is 20.9 Å². The minimum atomic E-state index is -1.19. The van der Waals surface area contributed by atoms with E-state index in [-0.39, 0.29) is 17.6 Å². The molecule has 1 aromatic heterocycles. The molecule has 158 valence electrons. The second-order valence-corrected chi connectivity index (χ2v) is 8.06. The Kier molecular flexibility index (Phi) is 5.44. The van der Waals surface area contributed by atoms with Crippen LogP contribution in [-0.4, -0.2) is 28.0 Å². The summed E-state index contributed by atoms with van der Waals surface area (Å²) >= 11 is 0. The van der Waals surface area contributed by atoms with Crippen LogP contribution >= 0.6 is 0 Å². The number of rotatable bonds is 6. The molecule has 0 spiro atoms. The zero-order valence-corrected chi connectivity index (χ0v) is 17.3. The first-order valence-electron chi connectivity index (χ1n) is 10.0. The molecule has 0 saturated carbocycles. The first-order valence-corrected chi connectivity index (χ1v) is 10.0. The number of amides is 2. The highest BCUT2D eigenvalue weighted by Gasteiger charge is 2.33. The van der Waals surface area contributed by atoms with Crippen LogP contribution in [0.4, 0.5) is 16.3 Å². The molecule has 0 bridgehead atoms. The minimum absolute atomic E-state index is 0.107. The number of aldehydes is 1. The summed E-state index contributed by atoms with van der Waals surface area (Å²) < 4.78 is 0. The maximum absolute atomic E-state index is 12.7. The molecule has 0 fully saturated rings. The summed E-state index contributed by atoms with van der Waals surface area (Å²) in [6, 6.07) is 19.4. The number of carbonyl (C=O) groups excluding carboxylic acids is 2. The van der Waals surface area contributed by atoms with Crippen molar-refractivity contribution in [3.8, 4) is 0 Å². The second kappa shape index (κ2) is 8.20. The van der Waals surface area contributed by atoms with E-state index in [4.69, 9.17) is 0 Å². The summed E-state index contributed by atoms with van der Waals surface area (Å²) in [6.07, 6.45) is 0.697. The molecule has 7 nitrogen and oxygen atoms in total. The highest BCUT2D eigenvalue weighted by atomic mass is 16.3. The smallest absolute Gasteiger partial charge is 0.320 e. The Morgan fingerprint density at radius 2 is 1.77 bits per heavy atom. The summed E-state index contributed by atoms with van der Waals surface area (Å²) in [5, 5.41) is 19.3. The molecule has 0 radical (unpaired) electrons. The van der Waals surface area contributed by atoms with E-state index in [1.165, 1.54) is 0 Å². The van der Waals surface area contributed by atoms with Gasteiger partial charge in [-0.05, 0) is 25.0 Å². The van der Waals surface area contributed by atoms with E-state index in [9.17, 15) is 14.7 Å². The molecule has 2 aromatic carbocycles. The predicted molar refractivity (Wildman–Crippen MR) is 119 cm³/mol. The molecule has 0 saturated heterocycles. The standard InChI is InChI=1S/C24H24N4O3/c1-24(2,31)22(16-11-7-4-8-12-16)28-23(30)27-19-13-17-20(18(14-29)25-19)21(26-17)15-9-5-3-6-10-15/h3-14,21-22,26,31H,1-2H3,(H2,25,27,28,30). The number of aromatic nitrogens is 1. The van der Waals surface area contributed by atoms with Crippen molar-refractivity contribution >= 4 is 23.8 Å². The van der Waals surface area contributed by atoms with Gasteiger partial charge in [0.25, 0.3) is 0 Å². The normalized spacial score (nSPS) is 15.6. The number of nitrogens with zero attached hydrogens (tertiary/aromatic N) is 1. The van der Waals surface area contributed by atoms with Gasteiger partial charge in [-0.25, -0.2) is 9.78 Å². The van der Waals surface area contributed by atoms with Crippen molar-refractivity contribution in [2.45, 2.75) is 31.5 Å². The lowest BCUT2D eigenvalue weighted by Gasteiger charge is -2.34. The van der Waals surface area contributed by atoms with Gasteiger partial charge in [0.15, 0.2) is 6.29 Å². The number of pyridine rings is 1. The molecular formula is C24H24N4O3. The molecule has 1 aliphatic rings. The first kappa shape index (κ1) is 20.6. The number of urea groups is 1. The van der Waals surface area contributed by atoms with Crippen molar-refractivity contribution in [2.75, 3.05) is 10.6 Å².